The Morgan fingerprint density at radius 3 is 2.62 bits per heavy atom. The zero-order chi connectivity index (χ0) is 18.6. The van der Waals surface area contributed by atoms with Gasteiger partial charge in [-0.15, -0.1) is 0 Å². The smallest absolute Gasteiger partial charge is 0.243 e. The van der Waals surface area contributed by atoms with Crippen LogP contribution in [0, 0.1) is 0 Å². The Morgan fingerprint density at radius 1 is 1.04 bits per heavy atom. The number of nitrogens with one attached hydrogen (secondary N) is 1. The summed E-state index contributed by atoms with van der Waals surface area (Å²) in [4.78, 5) is 12.1. The van der Waals surface area contributed by atoms with Gasteiger partial charge in [0.15, 0.2) is 0 Å². The average Bonchev–Trinajstić information content (AvgIpc) is 2.61. The minimum atomic E-state index is -0.609. The number of rotatable bonds is 4. The molecule has 0 aliphatic carbocycles. The van der Waals surface area contributed by atoms with Crippen molar-refractivity contribution in [2.24, 2.45) is 0 Å². The summed E-state index contributed by atoms with van der Waals surface area (Å²) in [6.45, 7) is 1.00. The highest BCUT2D eigenvalue weighted by Gasteiger charge is 2.14. The third kappa shape index (κ3) is 8.61. The summed E-state index contributed by atoms with van der Waals surface area (Å²) in [5.74, 6) is -0.164. The number of carbonyl (C=O) groups excluding carboxylic acids is 1. The SMILES string of the molecule is O=C1/C=C\C[C@H](O)CC(O)CCCCC[C@H](COCc2ccccc2)N1. The van der Waals surface area contributed by atoms with E-state index < -0.39 is 12.2 Å². The number of benzene rings is 1. The number of aliphatic hydroxyl groups is 2. The molecule has 144 valence electrons. The summed E-state index contributed by atoms with van der Waals surface area (Å²) >= 11 is 0. The molecule has 0 spiro atoms. The maximum absolute atomic E-state index is 12.1. The zero-order valence-electron chi connectivity index (χ0n) is 15.3. The van der Waals surface area contributed by atoms with Gasteiger partial charge in [-0.2, -0.15) is 0 Å². The fraction of sp³-hybridized carbons (Fsp3) is 0.571. The molecule has 5 nitrogen and oxygen atoms in total. The van der Waals surface area contributed by atoms with E-state index in [1.807, 2.05) is 30.3 Å². The van der Waals surface area contributed by atoms with Crippen molar-refractivity contribution in [3.05, 3.63) is 48.0 Å². The number of hydrogen-bond acceptors (Lipinski definition) is 4. The molecule has 26 heavy (non-hydrogen) atoms. The predicted molar refractivity (Wildman–Crippen MR) is 102 cm³/mol. The fourth-order valence-electron chi connectivity index (χ4n) is 3.15. The minimum absolute atomic E-state index is 0.0337. The molecule has 3 atom stereocenters. The van der Waals surface area contributed by atoms with Gasteiger partial charge in [0, 0.05) is 0 Å². The van der Waals surface area contributed by atoms with Gasteiger partial charge in [0.25, 0.3) is 0 Å². The number of aliphatic hydroxyl groups excluding tert-OH is 2. The number of carbonyl (C=O) groups is 1. The number of ether oxygens (including phenoxy) is 1. The van der Waals surface area contributed by atoms with Crippen molar-refractivity contribution in [2.45, 2.75) is 69.8 Å². The molecule has 1 heterocycles. The van der Waals surface area contributed by atoms with Gasteiger partial charge >= 0.3 is 0 Å². The van der Waals surface area contributed by atoms with Crippen molar-refractivity contribution in [1.82, 2.24) is 5.32 Å². The van der Waals surface area contributed by atoms with Crippen molar-refractivity contribution < 1.29 is 19.7 Å². The molecule has 0 saturated carbocycles. The van der Waals surface area contributed by atoms with Crippen molar-refractivity contribution >= 4 is 5.91 Å². The third-order valence-corrected chi connectivity index (χ3v) is 4.59. The highest BCUT2D eigenvalue weighted by Crippen LogP contribution is 2.13. The highest BCUT2D eigenvalue weighted by molar-refractivity contribution is 5.87. The van der Waals surface area contributed by atoms with Gasteiger partial charge < -0.3 is 20.3 Å². The monoisotopic (exact) mass is 361 g/mol. The summed E-state index contributed by atoms with van der Waals surface area (Å²) in [7, 11) is 0. The van der Waals surface area contributed by atoms with Gasteiger partial charge in [-0.25, -0.2) is 0 Å². The van der Waals surface area contributed by atoms with Gasteiger partial charge in [0.05, 0.1) is 31.5 Å². The van der Waals surface area contributed by atoms with Gasteiger partial charge in [-0.05, 0) is 37.3 Å². The van der Waals surface area contributed by atoms with Gasteiger partial charge in [0.2, 0.25) is 5.91 Å². The van der Waals surface area contributed by atoms with Crippen molar-refractivity contribution in [2.75, 3.05) is 6.61 Å². The van der Waals surface area contributed by atoms with Crippen LogP contribution in [0.5, 0.6) is 0 Å². The lowest BCUT2D eigenvalue weighted by atomic mass is 10.0. The predicted octanol–water partition coefficient (Wildman–Crippen LogP) is 2.71. The first-order valence-electron chi connectivity index (χ1n) is 9.58. The topological polar surface area (TPSA) is 78.8 Å². The maximum Gasteiger partial charge on any atom is 0.243 e. The van der Waals surface area contributed by atoms with E-state index in [0.717, 1.165) is 31.2 Å². The highest BCUT2D eigenvalue weighted by atomic mass is 16.5. The first kappa shape index (κ1) is 20.6. The van der Waals surface area contributed by atoms with Crippen LogP contribution >= 0.6 is 0 Å². The second-order valence-electron chi connectivity index (χ2n) is 7.03. The van der Waals surface area contributed by atoms with E-state index in [4.69, 9.17) is 4.74 Å². The minimum Gasteiger partial charge on any atom is -0.393 e. The van der Waals surface area contributed by atoms with Crippen molar-refractivity contribution in [1.29, 1.82) is 0 Å². The third-order valence-electron chi connectivity index (χ3n) is 4.59. The van der Waals surface area contributed by atoms with Crippen molar-refractivity contribution in [3.8, 4) is 0 Å². The first-order chi connectivity index (χ1) is 12.6. The molecule has 2 rings (SSSR count). The molecule has 0 saturated heterocycles. The number of hydrogen-bond donors (Lipinski definition) is 3. The van der Waals surface area contributed by atoms with Crippen molar-refractivity contribution in [3.63, 3.8) is 0 Å². The van der Waals surface area contributed by atoms with Gasteiger partial charge in [0.1, 0.15) is 0 Å². The Hall–Kier alpha value is -1.69. The van der Waals surface area contributed by atoms with E-state index in [2.05, 4.69) is 5.32 Å². The van der Waals surface area contributed by atoms with E-state index in [1.165, 1.54) is 6.08 Å². The molecule has 0 radical (unpaired) electrons. The Bertz CT molecular complexity index is 546. The van der Waals surface area contributed by atoms with Crippen LogP contribution in [0.25, 0.3) is 0 Å². The Morgan fingerprint density at radius 2 is 1.81 bits per heavy atom. The van der Waals surface area contributed by atoms with Crippen LogP contribution < -0.4 is 5.32 Å². The summed E-state index contributed by atoms with van der Waals surface area (Å²) in [6.07, 6.45) is 7.24. The van der Waals surface area contributed by atoms with Crippen LogP contribution in [0.15, 0.2) is 42.5 Å². The quantitative estimate of drug-likeness (QED) is 0.770. The lowest BCUT2D eigenvalue weighted by Crippen LogP contribution is -2.37. The lowest BCUT2D eigenvalue weighted by Gasteiger charge is -2.19. The van der Waals surface area contributed by atoms with E-state index >= 15 is 0 Å². The second-order valence-corrected chi connectivity index (χ2v) is 7.03. The molecule has 1 unspecified atom stereocenters. The molecule has 0 bridgehead atoms. The lowest BCUT2D eigenvalue weighted by molar-refractivity contribution is -0.117. The van der Waals surface area contributed by atoms with Crippen LogP contribution in [0.4, 0.5) is 0 Å². The van der Waals surface area contributed by atoms with E-state index in [9.17, 15) is 15.0 Å². The average molecular weight is 361 g/mol. The van der Waals surface area contributed by atoms with Gasteiger partial charge in [-0.1, -0.05) is 55.7 Å². The Balaban J connectivity index is 1.85. The van der Waals surface area contributed by atoms with E-state index in [1.54, 1.807) is 6.08 Å². The van der Waals surface area contributed by atoms with Gasteiger partial charge in [-0.3, -0.25) is 4.79 Å². The van der Waals surface area contributed by atoms with Crippen LogP contribution in [-0.4, -0.2) is 41.0 Å². The first-order valence-corrected chi connectivity index (χ1v) is 9.58. The molecule has 5 heteroatoms. The molecular weight excluding hydrogens is 330 g/mol. The molecule has 1 aromatic carbocycles. The normalized spacial score (nSPS) is 27.3. The van der Waals surface area contributed by atoms with Crippen LogP contribution in [-0.2, 0) is 16.1 Å². The zero-order valence-corrected chi connectivity index (χ0v) is 15.3. The Kier molecular flexibility index (Phi) is 9.39. The standard InChI is InChI=1S/C21H31NO4/c23-19-11-6-2-5-10-18(16-26-15-17-8-3-1-4-9-17)22-21(25)13-7-12-20(24)14-19/h1,3-4,7-9,13,18-20,23-24H,2,5-6,10-12,14-16H2,(H,22,25)/b13-7-/t18-,19?,20+/m1/s1. The van der Waals surface area contributed by atoms with Crippen LogP contribution in [0.2, 0.25) is 0 Å². The summed E-state index contributed by atoms with van der Waals surface area (Å²) < 4.78 is 5.79. The molecule has 0 aromatic heterocycles. The summed E-state index contributed by atoms with van der Waals surface area (Å²) in [5, 5.41) is 22.8. The molecule has 3 N–H and O–H groups in total. The molecule has 1 aliphatic heterocycles. The van der Waals surface area contributed by atoms with E-state index in [-0.39, 0.29) is 11.9 Å². The number of amides is 1. The molecule has 1 aromatic rings. The van der Waals surface area contributed by atoms with Crippen LogP contribution in [0.3, 0.4) is 0 Å². The molecular formula is C21H31NO4. The van der Waals surface area contributed by atoms with Crippen LogP contribution in [0.1, 0.15) is 50.5 Å². The molecule has 1 amide bonds. The fourth-order valence-corrected chi connectivity index (χ4v) is 3.15. The summed E-state index contributed by atoms with van der Waals surface area (Å²) in [5.41, 5.74) is 1.11. The molecule has 1 aliphatic rings. The van der Waals surface area contributed by atoms with E-state index in [0.29, 0.717) is 32.5 Å². The maximum atomic E-state index is 12.1. The largest absolute Gasteiger partial charge is 0.393 e. The Labute approximate surface area is 156 Å². The summed E-state index contributed by atoms with van der Waals surface area (Å²) in [6, 6.07) is 9.94. The molecule has 0 fully saturated rings. The second kappa shape index (κ2) is 11.8.